The zero-order valence-electron chi connectivity index (χ0n) is 19.4. The molecule has 1 aliphatic heterocycles. The van der Waals surface area contributed by atoms with Gasteiger partial charge in [0, 0.05) is 50.0 Å². The number of anilines is 1. The van der Waals surface area contributed by atoms with Gasteiger partial charge in [-0.15, -0.1) is 0 Å². The second kappa shape index (κ2) is 11.2. The average molecular weight is 484 g/mol. The third-order valence-electron chi connectivity index (χ3n) is 5.82. The van der Waals surface area contributed by atoms with Gasteiger partial charge in [-0.3, -0.25) is 15.0 Å². The van der Waals surface area contributed by atoms with Crippen LogP contribution in [0.1, 0.15) is 5.56 Å². The van der Waals surface area contributed by atoms with Gasteiger partial charge >= 0.3 is 6.09 Å². The highest BCUT2D eigenvalue weighted by Gasteiger charge is 2.14. The Morgan fingerprint density at radius 3 is 2.60 bits per heavy atom. The van der Waals surface area contributed by atoms with Crippen molar-refractivity contribution in [3.63, 3.8) is 0 Å². The second-order valence-electron chi connectivity index (χ2n) is 8.45. The number of halogens is 2. The van der Waals surface area contributed by atoms with Gasteiger partial charge in [-0.1, -0.05) is 12.1 Å². The molecule has 10 heteroatoms. The minimum atomic E-state index is -0.990. The van der Waals surface area contributed by atoms with E-state index in [9.17, 15) is 18.4 Å². The summed E-state index contributed by atoms with van der Waals surface area (Å²) in [7, 11) is 2.09. The number of carbonyl (C=O) groups is 1. The van der Waals surface area contributed by atoms with E-state index in [0.717, 1.165) is 43.9 Å². The zero-order valence-corrected chi connectivity index (χ0v) is 19.4. The molecule has 2 heterocycles. The molecule has 0 atom stereocenters. The van der Waals surface area contributed by atoms with Crippen LogP contribution >= 0.6 is 0 Å². The van der Waals surface area contributed by atoms with Crippen molar-refractivity contribution in [2.24, 2.45) is 0 Å². The number of benzene rings is 2. The summed E-state index contributed by atoms with van der Waals surface area (Å²) in [5.41, 5.74) is 1.58. The number of hydrogen-bond acceptors (Lipinski definition) is 6. The van der Waals surface area contributed by atoms with Crippen molar-refractivity contribution in [1.29, 1.82) is 0 Å². The summed E-state index contributed by atoms with van der Waals surface area (Å²) < 4.78 is 33.4. The molecule has 1 aliphatic rings. The average Bonchev–Trinajstić information content (AvgIpc) is 2.84. The summed E-state index contributed by atoms with van der Waals surface area (Å²) in [5.74, 6) is -1.94. The van der Waals surface area contributed by atoms with Crippen molar-refractivity contribution < 1.29 is 18.3 Å². The molecular formula is C25H27F2N5O3. The number of likely N-dealkylation sites (N-methyl/N-ethyl adjacent to an activating group) is 1. The van der Waals surface area contributed by atoms with Gasteiger partial charge in [0.2, 0.25) is 0 Å². The fourth-order valence-corrected chi connectivity index (χ4v) is 3.78. The van der Waals surface area contributed by atoms with E-state index < -0.39 is 17.7 Å². The number of hydrogen-bond donors (Lipinski definition) is 1. The van der Waals surface area contributed by atoms with Crippen LogP contribution in [-0.2, 0) is 11.3 Å². The van der Waals surface area contributed by atoms with Crippen LogP contribution in [0.2, 0.25) is 0 Å². The number of ether oxygens (including phenoxy) is 1. The fourth-order valence-electron chi connectivity index (χ4n) is 3.78. The SMILES string of the molecule is CN1CCN(CCOC(=O)Nc2cccc(Cn3nc(-c4ccc(F)c(F)c4)ccc3=O)c2)CC1. The van der Waals surface area contributed by atoms with E-state index >= 15 is 0 Å². The minimum absolute atomic E-state index is 0.129. The van der Waals surface area contributed by atoms with Gasteiger partial charge in [0.15, 0.2) is 11.6 Å². The Morgan fingerprint density at radius 1 is 1.03 bits per heavy atom. The first kappa shape index (κ1) is 24.5. The molecule has 1 fully saturated rings. The number of amides is 1. The van der Waals surface area contributed by atoms with Crippen LogP contribution in [0.3, 0.4) is 0 Å². The lowest BCUT2D eigenvalue weighted by atomic mass is 10.1. The van der Waals surface area contributed by atoms with Gasteiger partial charge < -0.3 is 9.64 Å². The first-order chi connectivity index (χ1) is 16.9. The Kier molecular flexibility index (Phi) is 7.84. The Morgan fingerprint density at radius 2 is 1.83 bits per heavy atom. The van der Waals surface area contributed by atoms with Crippen molar-refractivity contribution in [2.45, 2.75) is 6.54 Å². The van der Waals surface area contributed by atoms with Crippen molar-refractivity contribution in [3.05, 3.63) is 82.1 Å². The molecule has 3 aromatic rings. The highest BCUT2D eigenvalue weighted by atomic mass is 19.2. The lowest BCUT2D eigenvalue weighted by molar-refractivity contribution is 0.111. The molecule has 0 bridgehead atoms. The molecule has 0 aliphatic carbocycles. The molecule has 1 amide bonds. The van der Waals surface area contributed by atoms with E-state index in [1.165, 1.54) is 22.9 Å². The minimum Gasteiger partial charge on any atom is -0.448 e. The van der Waals surface area contributed by atoms with E-state index in [1.807, 2.05) is 0 Å². The van der Waals surface area contributed by atoms with Crippen molar-refractivity contribution in [3.8, 4) is 11.3 Å². The quantitative estimate of drug-likeness (QED) is 0.557. The summed E-state index contributed by atoms with van der Waals surface area (Å²) in [5, 5.41) is 6.99. The summed E-state index contributed by atoms with van der Waals surface area (Å²) >= 11 is 0. The highest BCUT2D eigenvalue weighted by molar-refractivity contribution is 5.84. The number of rotatable bonds is 7. The number of carbonyl (C=O) groups excluding carboxylic acids is 1. The van der Waals surface area contributed by atoms with Crippen LogP contribution in [0.15, 0.2) is 59.4 Å². The fraction of sp³-hybridized carbons (Fsp3) is 0.320. The molecule has 2 aromatic carbocycles. The van der Waals surface area contributed by atoms with E-state index in [2.05, 4.69) is 27.3 Å². The molecule has 1 saturated heterocycles. The zero-order chi connectivity index (χ0) is 24.8. The number of aromatic nitrogens is 2. The van der Waals surface area contributed by atoms with E-state index in [1.54, 1.807) is 24.3 Å². The van der Waals surface area contributed by atoms with Gasteiger partial charge in [0.25, 0.3) is 5.56 Å². The maximum absolute atomic E-state index is 13.6. The molecule has 4 rings (SSSR count). The molecule has 0 unspecified atom stereocenters. The van der Waals surface area contributed by atoms with E-state index in [0.29, 0.717) is 30.1 Å². The Labute approximate surface area is 201 Å². The predicted octanol–water partition coefficient (Wildman–Crippen LogP) is 3.03. The molecule has 184 valence electrons. The summed E-state index contributed by atoms with van der Waals surface area (Å²) in [6.45, 7) is 5.02. The molecule has 1 aromatic heterocycles. The predicted molar refractivity (Wildman–Crippen MR) is 128 cm³/mol. The van der Waals surface area contributed by atoms with Crippen LogP contribution in [0.5, 0.6) is 0 Å². The standard InChI is InChI=1S/C25H27F2N5O3/c1-30-9-11-31(12-10-30)13-14-35-25(34)28-20-4-2-3-18(15-20)17-32-24(33)8-7-23(29-32)19-5-6-21(26)22(27)16-19/h2-8,15-16H,9-14,17H2,1H3,(H,28,34). The van der Waals surface area contributed by atoms with Crippen molar-refractivity contribution in [2.75, 3.05) is 51.7 Å². The summed E-state index contributed by atoms with van der Waals surface area (Å²) in [6, 6.07) is 13.2. The molecule has 8 nitrogen and oxygen atoms in total. The van der Waals surface area contributed by atoms with Crippen molar-refractivity contribution >= 4 is 11.8 Å². The molecule has 35 heavy (non-hydrogen) atoms. The topological polar surface area (TPSA) is 79.7 Å². The summed E-state index contributed by atoms with van der Waals surface area (Å²) in [4.78, 5) is 29.0. The molecule has 0 spiro atoms. The third kappa shape index (κ3) is 6.71. The third-order valence-corrected chi connectivity index (χ3v) is 5.82. The number of piperazine rings is 1. The van der Waals surface area contributed by atoms with E-state index in [-0.39, 0.29) is 12.1 Å². The van der Waals surface area contributed by atoms with Gasteiger partial charge in [-0.05, 0) is 49.0 Å². The first-order valence-electron chi connectivity index (χ1n) is 11.3. The van der Waals surface area contributed by atoms with Gasteiger partial charge in [0.1, 0.15) is 6.61 Å². The molecule has 1 N–H and O–H groups in total. The molecule has 0 saturated carbocycles. The number of nitrogens with zero attached hydrogens (tertiary/aromatic N) is 4. The van der Waals surface area contributed by atoms with Crippen LogP contribution in [-0.4, -0.2) is 72.1 Å². The van der Waals surface area contributed by atoms with Gasteiger partial charge in [-0.25, -0.2) is 18.3 Å². The van der Waals surface area contributed by atoms with Crippen LogP contribution in [0.25, 0.3) is 11.3 Å². The monoisotopic (exact) mass is 483 g/mol. The van der Waals surface area contributed by atoms with Crippen LogP contribution in [0, 0.1) is 11.6 Å². The van der Waals surface area contributed by atoms with Crippen LogP contribution < -0.4 is 10.9 Å². The smallest absolute Gasteiger partial charge is 0.411 e. The first-order valence-corrected chi connectivity index (χ1v) is 11.3. The van der Waals surface area contributed by atoms with Crippen molar-refractivity contribution in [1.82, 2.24) is 19.6 Å². The van der Waals surface area contributed by atoms with Gasteiger partial charge in [-0.2, -0.15) is 5.10 Å². The molecule has 0 radical (unpaired) electrons. The number of nitrogens with one attached hydrogen (secondary N) is 1. The lowest BCUT2D eigenvalue weighted by Crippen LogP contribution is -2.45. The Hall–Kier alpha value is -3.63. The van der Waals surface area contributed by atoms with E-state index in [4.69, 9.17) is 4.74 Å². The Bertz CT molecular complexity index is 1240. The largest absolute Gasteiger partial charge is 0.448 e. The summed E-state index contributed by atoms with van der Waals surface area (Å²) in [6.07, 6.45) is -0.549. The van der Waals surface area contributed by atoms with Gasteiger partial charge in [0.05, 0.1) is 12.2 Å². The second-order valence-corrected chi connectivity index (χ2v) is 8.45. The maximum Gasteiger partial charge on any atom is 0.411 e. The highest BCUT2D eigenvalue weighted by Crippen LogP contribution is 2.19. The lowest BCUT2D eigenvalue weighted by Gasteiger charge is -2.31. The Balaban J connectivity index is 1.36. The van der Waals surface area contributed by atoms with Crippen LogP contribution in [0.4, 0.5) is 19.3 Å². The maximum atomic E-state index is 13.6. The molecular weight excluding hydrogens is 456 g/mol. The normalized spacial score (nSPS) is 14.6.